The maximum absolute atomic E-state index is 11.7. The fraction of sp³-hybridized carbons (Fsp3) is 0.500. The zero-order valence-electron chi connectivity index (χ0n) is 38.1. The van der Waals surface area contributed by atoms with Gasteiger partial charge in [-0.05, 0) is 86.5 Å². The third-order valence-corrected chi connectivity index (χ3v) is 14.0. The van der Waals surface area contributed by atoms with Gasteiger partial charge in [-0.3, -0.25) is 34.0 Å². The lowest BCUT2D eigenvalue weighted by molar-refractivity contribution is -0.126. The number of Topliss-reactive ketones (excluding diaryl/α,β-unsaturated/α-hetero) is 1. The average molecular weight is 868 g/mol. The summed E-state index contributed by atoms with van der Waals surface area (Å²) in [5.41, 5.74) is 11.3. The van der Waals surface area contributed by atoms with Gasteiger partial charge in [0.2, 0.25) is 11.8 Å². The third-order valence-electron chi connectivity index (χ3n) is 14.0. The molecule has 342 valence electrons. The molecule has 3 aliphatic carbocycles. The monoisotopic (exact) mass is 868 g/mol. The highest BCUT2D eigenvalue weighted by Crippen LogP contribution is 2.30. The van der Waals surface area contributed by atoms with Gasteiger partial charge in [-0.1, -0.05) is 121 Å². The van der Waals surface area contributed by atoms with Gasteiger partial charge in [-0.25, -0.2) is 0 Å². The topological polar surface area (TPSA) is 114 Å². The number of hydrogen-bond acceptors (Lipinski definition) is 8. The molecular weight excluding hydrogens is 795 g/mol. The Morgan fingerprint density at radius 1 is 0.453 bits per heavy atom. The highest BCUT2D eigenvalue weighted by molar-refractivity contribution is 5.79. The number of nitrogens with zero attached hydrogens (tertiary/aromatic N) is 4. The van der Waals surface area contributed by atoms with E-state index in [0.717, 1.165) is 104 Å². The Balaban J connectivity index is 0.000000152. The molecular formula is C54H73N7O3. The lowest BCUT2D eigenvalue weighted by atomic mass is 9.88. The van der Waals surface area contributed by atoms with Crippen LogP contribution in [0.4, 0.5) is 0 Å². The standard InChI is InChI=1S/C24H31N3O.C20H23NO.C10H19N3O/c28-24-19-26(16-15-25-24)22-11-13-23(14-12-22)27(17-20-7-3-1-4-8-20)18-21-9-5-2-6-10-21;22-20-13-11-19(12-14-20)21(15-17-7-3-1-4-8-17)16-18-9-5-2-6-10-18;11-8-1-3-9(4-2-8)13-6-5-12-10(14)7-13/h1-10,22-23H,11-19H2,(H,25,28);1-10,19H,11-16H2;8-9H,1-7,11H2,(H,12,14). The molecule has 5 fully saturated rings. The summed E-state index contributed by atoms with van der Waals surface area (Å²) in [5.74, 6) is 0.782. The fourth-order valence-corrected chi connectivity index (χ4v) is 10.4. The van der Waals surface area contributed by atoms with Crippen molar-refractivity contribution in [2.24, 2.45) is 5.73 Å². The number of amides is 2. The van der Waals surface area contributed by atoms with Gasteiger partial charge in [0.25, 0.3) is 0 Å². The zero-order chi connectivity index (χ0) is 44.4. The first-order chi connectivity index (χ1) is 31.3. The Labute approximate surface area is 382 Å². The summed E-state index contributed by atoms with van der Waals surface area (Å²) < 4.78 is 0. The first-order valence-electron chi connectivity index (χ1n) is 24.3. The minimum Gasteiger partial charge on any atom is -0.354 e. The molecule has 64 heavy (non-hydrogen) atoms. The summed E-state index contributed by atoms with van der Waals surface area (Å²) in [6, 6.07) is 45.6. The number of carbonyl (C=O) groups excluding carboxylic acids is 3. The van der Waals surface area contributed by atoms with E-state index in [0.29, 0.717) is 49.1 Å². The van der Waals surface area contributed by atoms with Crippen LogP contribution in [-0.2, 0) is 40.6 Å². The van der Waals surface area contributed by atoms with Crippen LogP contribution in [0, 0.1) is 0 Å². The Morgan fingerprint density at radius 3 is 1.12 bits per heavy atom. The predicted octanol–water partition coefficient (Wildman–Crippen LogP) is 7.32. The van der Waals surface area contributed by atoms with Crippen molar-refractivity contribution in [2.75, 3.05) is 39.3 Å². The Kier molecular flexibility index (Phi) is 18.5. The predicted molar refractivity (Wildman–Crippen MR) is 257 cm³/mol. The van der Waals surface area contributed by atoms with Crippen molar-refractivity contribution >= 4 is 17.6 Å². The van der Waals surface area contributed by atoms with Crippen LogP contribution in [0.15, 0.2) is 121 Å². The van der Waals surface area contributed by atoms with Crippen molar-refractivity contribution in [1.29, 1.82) is 0 Å². The van der Waals surface area contributed by atoms with Crippen molar-refractivity contribution in [3.8, 4) is 0 Å². The normalized spacial score (nSPS) is 23.6. The molecule has 2 saturated heterocycles. The van der Waals surface area contributed by atoms with Crippen molar-refractivity contribution in [3.63, 3.8) is 0 Å². The molecule has 0 aromatic heterocycles. The molecule has 3 saturated carbocycles. The van der Waals surface area contributed by atoms with Gasteiger partial charge in [0.1, 0.15) is 5.78 Å². The minimum atomic E-state index is 0.172. The van der Waals surface area contributed by atoms with Gasteiger partial charge in [0.05, 0.1) is 13.1 Å². The molecule has 10 heteroatoms. The summed E-state index contributed by atoms with van der Waals surface area (Å²) >= 11 is 0. The van der Waals surface area contributed by atoms with E-state index in [9.17, 15) is 14.4 Å². The Bertz CT molecular complexity index is 1880. The van der Waals surface area contributed by atoms with Gasteiger partial charge in [-0.15, -0.1) is 0 Å². The lowest BCUT2D eigenvalue weighted by Gasteiger charge is -2.41. The van der Waals surface area contributed by atoms with E-state index in [2.05, 4.69) is 152 Å². The average Bonchev–Trinajstić information content (AvgIpc) is 3.33. The van der Waals surface area contributed by atoms with Crippen LogP contribution in [0.5, 0.6) is 0 Å². The first kappa shape index (κ1) is 47.3. The lowest BCUT2D eigenvalue weighted by Crippen LogP contribution is -2.53. The van der Waals surface area contributed by atoms with Crippen LogP contribution < -0.4 is 16.4 Å². The van der Waals surface area contributed by atoms with Crippen LogP contribution in [0.2, 0.25) is 0 Å². The van der Waals surface area contributed by atoms with Crippen molar-refractivity contribution in [3.05, 3.63) is 144 Å². The highest BCUT2D eigenvalue weighted by Gasteiger charge is 2.32. The number of ketones is 1. The largest absolute Gasteiger partial charge is 0.354 e. The van der Waals surface area contributed by atoms with Crippen LogP contribution >= 0.6 is 0 Å². The van der Waals surface area contributed by atoms with E-state index < -0.39 is 0 Å². The van der Waals surface area contributed by atoms with Gasteiger partial charge in [0.15, 0.2) is 0 Å². The number of hydrogen-bond donors (Lipinski definition) is 3. The van der Waals surface area contributed by atoms with E-state index in [-0.39, 0.29) is 11.8 Å². The molecule has 10 nitrogen and oxygen atoms in total. The smallest absolute Gasteiger partial charge is 0.234 e. The highest BCUT2D eigenvalue weighted by atomic mass is 16.2. The van der Waals surface area contributed by atoms with E-state index >= 15 is 0 Å². The second kappa shape index (κ2) is 25.1. The van der Waals surface area contributed by atoms with E-state index in [1.807, 2.05) is 0 Å². The molecule has 0 bridgehead atoms. The SMILES string of the molecule is NC1CCC(N2CCNC(=O)C2)CC1.O=C1CCC(N(Cc2ccccc2)Cc2ccccc2)CC1.O=C1CN(C2CCC(N(Cc3ccccc3)Cc3ccccc3)CC2)CCN1. The summed E-state index contributed by atoms with van der Waals surface area (Å²) in [7, 11) is 0. The second-order valence-electron chi connectivity index (χ2n) is 18.7. The third kappa shape index (κ3) is 15.2. The molecule has 2 heterocycles. The molecule has 0 unspecified atom stereocenters. The van der Waals surface area contributed by atoms with Gasteiger partial charge in [-0.2, -0.15) is 0 Å². The zero-order valence-corrected chi connectivity index (χ0v) is 38.1. The number of rotatable bonds is 12. The number of nitrogens with two attached hydrogens (primary N) is 1. The first-order valence-corrected chi connectivity index (χ1v) is 24.3. The number of benzene rings is 4. The molecule has 2 aliphatic heterocycles. The van der Waals surface area contributed by atoms with Crippen molar-refractivity contribution in [2.45, 2.75) is 133 Å². The summed E-state index contributed by atoms with van der Waals surface area (Å²) in [5, 5.41) is 5.80. The number of piperazine rings is 2. The molecule has 4 N–H and O–H groups in total. The van der Waals surface area contributed by atoms with Crippen molar-refractivity contribution < 1.29 is 14.4 Å². The van der Waals surface area contributed by atoms with Crippen LogP contribution in [0.3, 0.4) is 0 Å². The minimum absolute atomic E-state index is 0.172. The maximum atomic E-state index is 11.7. The summed E-state index contributed by atoms with van der Waals surface area (Å²) in [6.07, 6.45) is 12.8. The van der Waals surface area contributed by atoms with Gasteiger partial charge >= 0.3 is 0 Å². The Hall–Kier alpha value is -4.71. The van der Waals surface area contributed by atoms with E-state index in [1.54, 1.807) is 0 Å². The molecule has 0 spiro atoms. The summed E-state index contributed by atoms with van der Waals surface area (Å²) in [6.45, 7) is 8.67. The molecule has 0 atom stereocenters. The molecule has 4 aromatic carbocycles. The molecule has 0 radical (unpaired) electrons. The van der Waals surface area contributed by atoms with E-state index in [4.69, 9.17) is 5.73 Å². The number of carbonyl (C=O) groups is 3. The second-order valence-corrected chi connectivity index (χ2v) is 18.7. The quantitative estimate of drug-likeness (QED) is 0.136. The maximum Gasteiger partial charge on any atom is 0.234 e. The molecule has 2 amide bonds. The van der Waals surface area contributed by atoms with Crippen LogP contribution in [0.1, 0.15) is 99.3 Å². The molecule has 9 rings (SSSR count). The van der Waals surface area contributed by atoms with Gasteiger partial charge < -0.3 is 16.4 Å². The molecule has 4 aromatic rings. The van der Waals surface area contributed by atoms with E-state index in [1.165, 1.54) is 47.9 Å². The van der Waals surface area contributed by atoms with Crippen LogP contribution in [0.25, 0.3) is 0 Å². The Morgan fingerprint density at radius 2 is 0.781 bits per heavy atom. The van der Waals surface area contributed by atoms with Crippen molar-refractivity contribution in [1.82, 2.24) is 30.2 Å². The van der Waals surface area contributed by atoms with Crippen LogP contribution in [-0.4, -0.2) is 107 Å². The summed E-state index contributed by atoms with van der Waals surface area (Å²) in [4.78, 5) is 44.4. The number of nitrogens with one attached hydrogen (secondary N) is 2. The molecule has 5 aliphatic rings. The van der Waals surface area contributed by atoms with Gasteiger partial charge in [0, 0.05) is 95.4 Å². The fourth-order valence-electron chi connectivity index (χ4n) is 10.4.